The van der Waals surface area contributed by atoms with E-state index in [1.54, 1.807) is 34.9 Å². The van der Waals surface area contributed by atoms with Crippen LogP contribution in [0.3, 0.4) is 0 Å². The maximum absolute atomic E-state index is 10.7. The van der Waals surface area contributed by atoms with Gasteiger partial charge in [0.05, 0.1) is 63.3 Å². The third-order valence-electron chi connectivity index (χ3n) is 14.0. The second kappa shape index (κ2) is 23.1. The molecule has 3 aromatic heterocycles. The molecule has 0 saturated heterocycles. The Morgan fingerprint density at radius 2 is 1.03 bits per heavy atom. The summed E-state index contributed by atoms with van der Waals surface area (Å²) in [5.74, 6) is -0.197. The van der Waals surface area contributed by atoms with Crippen LogP contribution in [0.25, 0.3) is 94.5 Å². The monoisotopic (exact) mass is 1330 g/mol. The van der Waals surface area contributed by atoms with E-state index in [0.29, 0.717) is 16.3 Å². The molecule has 0 unspecified atom stereocenters. The second-order valence-electron chi connectivity index (χ2n) is 18.7. The molecular weight excluding hydrogens is 1240 g/mol. The Labute approximate surface area is 568 Å². The summed E-state index contributed by atoms with van der Waals surface area (Å²) in [7, 11) is -6.42. The number of imidazole rings is 1. The number of para-hydroxylation sites is 2. The zero-order valence-electron chi connectivity index (χ0n) is 80.8. The van der Waals surface area contributed by atoms with Gasteiger partial charge in [0.15, 0.2) is 8.07 Å². The van der Waals surface area contributed by atoms with Gasteiger partial charge in [-0.2, -0.15) is 18.2 Å². The van der Waals surface area contributed by atoms with E-state index in [0.717, 1.165) is 6.20 Å². The van der Waals surface area contributed by atoms with Gasteiger partial charge in [-0.15, -0.1) is 29.7 Å². The third kappa shape index (κ3) is 9.59. The van der Waals surface area contributed by atoms with E-state index >= 15 is 0 Å². The Morgan fingerprint density at radius 3 is 1.66 bits per heavy atom. The van der Waals surface area contributed by atoms with Crippen molar-refractivity contribution in [3.8, 4) is 73.2 Å². The van der Waals surface area contributed by atoms with E-state index in [1.807, 2.05) is 0 Å². The first-order valence-electron chi connectivity index (χ1n) is 44.2. The molecule has 12 aromatic carbocycles. The first-order chi connectivity index (χ1) is 57.4. The summed E-state index contributed by atoms with van der Waals surface area (Å²) in [6.07, 6.45) is 4.32. The number of nitrogens with zero attached hydrogens (tertiary/aromatic N) is 4. The molecule has 7 heteroatoms. The molecule has 0 fully saturated rings. The van der Waals surface area contributed by atoms with Crippen molar-refractivity contribution >= 4 is 61.7 Å². The van der Waals surface area contributed by atoms with Crippen LogP contribution in [0.15, 0.2) is 309 Å². The van der Waals surface area contributed by atoms with E-state index in [9.17, 15) is 19.2 Å². The normalized spacial score (nSPS) is 17.7. The number of pyridine rings is 1. The molecule has 3 heterocycles. The molecule has 412 valence electrons. The topological polar surface area (TPSA) is 35.9 Å². The zero-order chi connectivity index (χ0) is 88.8. The van der Waals surface area contributed by atoms with Gasteiger partial charge in [0, 0.05) is 54.0 Å². The first-order valence-corrected chi connectivity index (χ1v) is 27.7. The van der Waals surface area contributed by atoms with Crippen LogP contribution in [0.5, 0.6) is 11.5 Å². The molecule has 86 heavy (non-hydrogen) atoms. The molecule has 0 aliphatic rings. The molecule has 0 atom stereocenters. The van der Waals surface area contributed by atoms with Crippen LogP contribution < -0.4 is 30.1 Å². The van der Waals surface area contributed by atoms with Gasteiger partial charge in [0.1, 0.15) is 5.82 Å². The maximum Gasteiger partial charge on any atom is 0.268 e. The van der Waals surface area contributed by atoms with E-state index in [2.05, 4.69) is 23.4 Å². The van der Waals surface area contributed by atoms with E-state index in [4.69, 9.17) is 36.3 Å². The number of aromatic nitrogens is 4. The van der Waals surface area contributed by atoms with Crippen LogP contribution >= 0.6 is 0 Å². The summed E-state index contributed by atoms with van der Waals surface area (Å²) in [5, 5.41) is -3.29. The number of benzene rings is 12. The van der Waals surface area contributed by atoms with Crippen molar-refractivity contribution in [2.75, 3.05) is 0 Å². The predicted molar refractivity (Wildman–Crippen MR) is 350 cm³/mol. The Bertz CT molecular complexity index is 6760. The molecule has 15 rings (SSSR count). The Kier molecular flexibility index (Phi) is 7.19. The van der Waals surface area contributed by atoms with E-state index in [1.165, 1.54) is 75.9 Å². The quantitative estimate of drug-likeness (QED) is 0.0499. The third-order valence-corrected chi connectivity index (χ3v) is 18.0. The Hall–Kier alpha value is -10.2. The molecule has 0 radical (unpaired) electrons. The summed E-state index contributed by atoms with van der Waals surface area (Å²) < 4.78 is 349. The zero-order valence-corrected chi connectivity index (χ0v) is 47.1. The van der Waals surface area contributed by atoms with Gasteiger partial charge in [0.25, 0.3) is 6.33 Å². The minimum absolute atomic E-state index is 0. The van der Waals surface area contributed by atoms with Crippen molar-refractivity contribution in [2.24, 2.45) is 0 Å². The van der Waals surface area contributed by atoms with Crippen molar-refractivity contribution < 1.29 is 81.1 Å². The summed E-state index contributed by atoms with van der Waals surface area (Å²) >= 11 is 0. The molecule has 0 aliphatic carbocycles. The molecule has 15 aromatic rings. The second-order valence-corrected chi connectivity index (χ2v) is 22.2. The minimum Gasteiger partial charge on any atom is -0.510 e. The van der Waals surface area contributed by atoms with Crippen LogP contribution in [0.1, 0.15) is 56.3 Å². The minimum atomic E-state index is -6.42. The summed E-state index contributed by atoms with van der Waals surface area (Å²) in [5.41, 5.74) is -3.61. The number of rotatable bonds is 13. The smallest absolute Gasteiger partial charge is 0.268 e. The molecule has 0 amide bonds. The molecule has 0 N–H and O–H groups in total. The first kappa shape index (κ1) is 26.8. The summed E-state index contributed by atoms with van der Waals surface area (Å²) in [6, 6.07) is -4.20. The predicted octanol–water partition coefficient (Wildman–Crippen LogP) is 15.9. The van der Waals surface area contributed by atoms with Gasteiger partial charge in [-0.05, 0) is 101 Å². The fraction of sp³-hybridized carbons (Fsp3) is 0.0127. The standard InChI is InChI=1S/C79H54N4OSi.Pt/c1-56-49-78(80-54-73(56)59-29-12-4-13-30-59)83-74-44-21-20-41-71(74)72-47-46-64(53-76(72)83)84-63-33-23-32-62(52-63)81-55-82(79-69(57-25-8-2-9-26-57)42-24-43-70(79)58-27-10-3-11-28-58)75-48-45-61(51-77(75)81)60-31-22-40-68(50-60)85(65-34-14-5-15-35-65,66-36-16-6-17-37-66)67-38-18-7-19-39-67;/h2-51,54H,1H3;/q-2;/i1D3,2D,3D,4D,5D,6D,7D,8D,9D,10D,11D,12D,13D,14D,15D,16D,17D,18D,19D,22D,25D,26D,27D,28D,29D,30D,31D,34D,35D,36D,37D,38D,39D,40D,50D;. The fourth-order valence-corrected chi connectivity index (χ4v) is 13.9. The molecule has 5 nitrogen and oxygen atoms in total. The van der Waals surface area contributed by atoms with Gasteiger partial charge in [-0.3, -0.25) is 4.57 Å². The van der Waals surface area contributed by atoms with E-state index < -0.39 is 269 Å². The van der Waals surface area contributed by atoms with Gasteiger partial charge in [-0.1, -0.05) is 259 Å². The van der Waals surface area contributed by atoms with Crippen molar-refractivity contribution in [1.82, 2.24) is 14.1 Å². The van der Waals surface area contributed by atoms with Crippen molar-refractivity contribution in [3.05, 3.63) is 333 Å². The van der Waals surface area contributed by atoms with Crippen LogP contribution in [-0.4, -0.2) is 22.2 Å². The molecule has 0 spiro atoms. The number of hydrogen-bond donors (Lipinski definition) is 0. The summed E-state index contributed by atoms with van der Waals surface area (Å²) in [6.45, 7) is -2.98. The van der Waals surface area contributed by atoms with Crippen molar-refractivity contribution in [2.45, 2.75) is 6.85 Å². The fourth-order valence-electron chi connectivity index (χ4n) is 10.4. The van der Waals surface area contributed by atoms with Crippen LogP contribution in [0.4, 0.5) is 0 Å². The number of fused-ring (bicyclic) bond motifs is 4. The van der Waals surface area contributed by atoms with Gasteiger partial charge in [0.2, 0.25) is 0 Å². The molecule has 0 bridgehead atoms. The van der Waals surface area contributed by atoms with E-state index in [-0.39, 0.29) is 88.6 Å². The average molecular weight is 1340 g/mol. The Balaban J connectivity index is 0.0000123. The largest absolute Gasteiger partial charge is 0.510 e. The molecule has 0 aliphatic heterocycles. The van der Waals surface area contributed by atoms with Crippen molar-refractivity contribution in [3.63, 3.8) is 0 Å². The van der Waals surface area contributed by atoms with Crippen LogP contribution in [0.2, 0.25) is 0 Å². The summed E-state index contributed by atoms with van der Waals surface area (Å²) in [4.78, 5) is 4.65. The van der Waals surface area contributed by atoms with Crippen molar-refractivity contribution in [1.29, 1.82) is 0 Å². The maximum atomic E-state index is 10.7. The number of aryl methyl sites for hydroxylation is 1. The van der Waals surface area contributed by atoms with Crippen LogP contribution in [0, 0.1) is 25.3 Å². The number of ether oxygens (including phenoxy) is 1. The van der Waals surface area contributed by atoms with Crippen LogP contribution in [-0.2, 0) is 21.1 Å². The van der Waals surface area contributed by atoms with Gasteiger partial charge in [-0.25, -0.2) is 4.98 Å². The molecular formula is C79H54N4OPtSi-2. The van der Waals surface area contributed by atoms with Gasteiger partial charge < -0.3 is 13.9 Å². The van der Waals surface area contributed by atoms with Gasteiger partial charge >= 0.3 is 0 Å². The SMILES string of the molecule is [2H]c1c([2H])c([2H])c(-c2cnc(-n3c4[c-]c(Oc5[c-]c(-n6[c-][n+](-c7c(-c8c([2H])c([2H])c([2H])c([2H])c8[2H])cccc7-c7c([2H])c([2H])c([2H])c([2H])c7[2H])c7ccc(-c8c([2H])c([2H])c([2H])c([Si](c9c([2H])c([2H])c([2H])c([2H])c9[2H])(c9c([2H])c([2H])c([2H])c([2H])c9[2H])c9c([2H])c([2H])c([2H])c([2H])c9[2H])c8[2H])cc76)ccc5)ccc4c4ccccc43)cc2C([2H])([2H])[2H])c([2H])c1[2H].[Pt]. The Morgan fingerprint density at radius 1 is 0.477 bits per heavy atom. The average Bonchev–Trinajstić information content (AvgIpc) is 1.63. The number of hydrogen-bond acceptors (Lipinski definition) is 2. The molecule has 0 saturated carbocycles.